The lowest BCUT2D eigenvalue weighted by atomic mass is 10.1. The lowest BCUT2D eigenvalue weighted by molar-refractivity contribution is 0.551. The molecule has 0 saturated heterocycles. The number of hydrogen-bond acceptors (Lipinski definition) is 3. The third-order valence-corrected chi connectivity index (χ3v) is 8.64. The molecule has 1 nitrogen and oxygen atoms in total. The van der Waals surface area contributed by atoms with Crippen LogP contribution >= 0.6 is 42.6 Å². The van der Waals surface area contributed by atoms with Crippen molar-refractivity contribution in [1.82, 2.24) is 0 Å². The zero-order chi connectivity index (χ0) is 13.4. The van der Waals surface area contributed by atoms with E-state index in [2.05, 4.69) is 46.2 Å². The van der Waals surface area contributed by atoms with Gasteiger partial charge in [0.2, 0.25) is 0 Å². The zero-order valence-electron chi connectivity index (χ0n) is 11.6. The smallest absolute Gasteiger partial charge is 0.0464 e. The predicted octanol–water partition coefficient (Wildman–Crippen LogP) is 5.17. The Labute approximate surface area is 121 Å². The Morgan fingerprint density at radius 3 is 1.24 bits per heavy atom. The summed E-state index contributed by atoms with van der Waals surface area (Å²) in [7, 11) is 5.72. The summed E-state index contributed by atoms with van der Waals surface area (Å²) >= 11 is 3.35. The van der Waals surface area contributed by atoms with Crippen molar-refractivity contribution in [3.8, 4) is 0 Å². The van der Waals surface area contributed by atoms with Crippen LogP contribution in [0.4, 0.5) is 0 Å². The summed E-state index contributed by atoms with van der Waals surface area (Å²) in [5.41, 5.74) is 0. The van der Waals surface area contributed by atoms with E-state index in [1.54, 1.807) is 24.1 Å². The average molecular weight is 314 g/mol. The van der Waals surface area contributed by atoms with Crippen LogP contribution in [0.25, 0.3) is 0 Å². The van der Waals surface area contributed by atoms with Crippen molar-refractivity contribution in [2.24, 2.45) is 0 Å². The lowest BCUT2D eigenvalue weighted by Crippen LogP contribution is -2.27. The molecule has 0 aromatic rings. The first-order valence-corrected chi connectivity index (χ1v) is 9.62. The van der Waals surface area contributed by atoms with E-state index >= 15 is 0 Å². The number of hydrogen-bond donors (Lipinski definition) is 0. The van der Waals surface area contributed by atoms with Crippen LogP contribution in [0.3, 0.4) is 0 Å². The molecule has 0 heterocycles. The van der Waals surface area contributed by atoms with E-state index < -0.39 is 0 Å². The van der Waals surface area contributed by atoms with Crippen LogP contribution in [0.2, 0.25) is 0 Å². The molecule has 0 aliphatic carbocycles. The van der Waals surface area contributed by atoms with Crippen molar-refractivity contribution in [2.75, 3.05) is 12.3 Å². The Kier molecular flexibility index (Phi) is 10.3. The molecule has 0 saturated carbocycles. The van der Waals surface area contributed by atoms with Crippen LogP contribution in [0.1, 0.15) is 53.4 Å². The standard InChI is InChI=1S/C12H28OP2S2/c1-5-11(6-2,9-14)16-13-17-12(7-3,8-4)10-15/h5-10,14-15H2,1-4H3. The van der Waals surface area contributed by atoms with Crippen molar-refractivity contribution < 1.29 is 3.63 Å². The van der Waals surface area contributed by atoms with Gasteiger partial charge < -0.3 is 0 Å². The highest BCUT2D eigenvalue weighted by molar-refractivity contribution is 8.09. The molecule has 0 amide bonds. The zero-order valence-corrected chi connectivity index (χ0v) is 15.6. The highest BCUT2D eigenvalue weighted by Gasteiger charge is 2.30. The first-order valence-electron chi connectivity index (χ1n) is 6.51. The highest BCUT2D eigenvalue weighted by atomic mass is 32.2. The summed E-state index contributed by atoms with van der Waals surface area (Å²) in [5, 5.41) is 0. The normalized spacial score (nSPS) is 13.1. The minimum Gasteiger partial charge on any atom is -0.246 e. The van der Waals surface area contributed by atoms with Crippen LogP contribution in [-0.4, -0.2) is 21.8 Å². The molecule has 5 heteroatoms. The van der Waals surface area contributed by atoms with Crippen LogP contribution in [0.15, 0.2) is 0 Å². The van der Waals surface area contributed by atoms with Gasteiger partial charge in [-0.3, -0.25) is 0 Å². The first kappa shape index (κ1) is 18.5. The summed E-state index contributed by atoms with van der Waals surface area (Å²) in [6.45, 7) is 8.99. The molecule has 0 radical (unpaired) electrons. The van der Waals surface area contributed by atoms with Gasteiger partial charge in [0.05, 0.1) is 0 Å². The fourth-order valence-corrected chi connectivity index (χ4v) is 5.00. The van der Waals surface area contributed by atoms with Crippen molar-refractivity contribution in [2.45, 2.75) is 62.9 Å². The lowest BCUT2D eigenvalue weighted by Gasteiger charge is -2.32. The largest absolute Gasteiger partial charge is 0.246 e. The molecule has 0 rings (SSSR count). The summed E-state index contributed by atoms with van der Waals surface area (Å²) in [6, 6.07) is 0. The van der Waals surface area contributed by atoms with Crippen LogP contribution in [0, 0.1) is 0 Å². The molecule has 0 aromatic heterocycles. The molecule has 0 N–H and O–H groups in total. The maximum atomic E-state index is 5.92. The Bertz CT molecular complexity index is 158. The third-order valence-electron chi connectivity index (χ3n) is 3.74. The minimum atomic E-state index is 0.270. The summed E-state index contributed by atoms with van der Waals surface area (Å²) < 4.78 is 6.46. The fraction of sp³-hybridized carbons (Fsp3) is 1.00. The molecule has 2 atom stereocenters. The Balaban J connectivity index is 4.28. The monoisotopic (exact) mass is 314 g/mol. The average Bonchev–Trinajstić information content (AvgIpc) is 2.41. The molecule has 0 aromatic carbocycles. The summed E-state index contributed by atoms with van der Waals surface area (Å²) in [4.78, 5) is 0. The quantitative estimate of drug-likeness (QED) is 0.407. The Morgan fingerprint density at radius 2 is 1.06 bits per heavy atom. The highest BCUT2D eigenvalue weighted by Crippen LogP contribution is 2.43. The van der Waals surface area contributed by atoms with Crippen LogP contribution in [-0.2, 0) is 3.63 Å². The van der Waals surface area contributed by atoms with Crippen molar-refractivity contribution in [3.05, 3.63) is 0 Å². The first-order chi connectivity index (χ1) is 8.07. The van der Waals surface area contributed by atoms with E-state index in [0.717, 1.165) is 38.0 Å². The Hall–Kier alpha value is 1.52. The van der Waals surface area contributed by atoms with Gasteiger partial charge in [-0.2, -0.15) is 0 Å². The predicted molar refractivity (Wildman–Crippen MR) is 92.0 cm³/mol. The fourth-order valence-electron chi connectivity index (χ4n) is 1.54. The van der Waals surface area contributed by atoms with Gasteiger partial charge in [0.15, 0.2) is 0 Å². The van der Waals surface area contributed by atoms with E-state index in [4.69, 9.17) is 3.63 Å². The van der Waals surface area contributed by atoms with Gasteiger partial charge in [-0.1, -0.05) is 27.7 Å². The molecular weight excluding hydrogens is 286 g/mol. The molecule has 0 spiro atoms. The SMILES string of the molecule is CCC(CC)(CP)SOSC(CC)(CC)CP. The van der Waals surface area contributed by atoms with Gasteiger partial charge >= 0.3 is 0 Å². The van der Waals surface area contributed by atoms with E-state index in [9.17, 15) is 0 Å². The second-order valence-corrected chi connectivity index (χ2v) is 7.85. The minimum absolute atomic E-state index is 0.270. The van der Waals surface area contributed by atoms with Crippen molar-refractivity contribution in [3.63, 3.8) is 0 Å². The molecular formula is C12H28OP2S2. The third kappa shape index (κ3) is 5.57. The van der Waals surface area contributed by atoms with E-state index in [1.807, 2.05) is 0 Å². The maximum Gasteiger partial charge on any atom is 0.0464 e. The van der Waals surface area contributed by atoms with Gasteiger partial charge in [-0.25, -0.2) is 3.63 Å². The van der Waals surface area contributed by atoms with Gasteiger partial charge in [0, 0.05) is 33.6 Å². The van der Waals surface area contributed by atoms with Gasteiger partial charge in [-0.05, 0) is 38.0 Å². The van der Waals surface area contributed by atoms with Crippen molar-refractivity contribution >= 4 is 42.6 Å². The molecule has 0 fully saturated rings. The van der Waals surface area contributed by atoms with Crippen LogP contribution in [0.5, 0.6) is 0 Å². The molecule has 104 valence electrons. The van der Waals surface area contributed by atoms with Gasteiger partial charge in [-0.15, -0.1) is 18.5 Å². The van der Waals surface area contributed by atoms with Crippen LogP contribution < -0.4 is 0 Å². The second kappa shape index (κ2) is 9.43. The van der Waals surface area contributed by atoms with E-state index in [1.165, 1.54) is 0 Å². The molecule has 0 aliphatic rings. The second-order valence-electron chi connectivity index (χ2n) is 4.42. The molecule has 0 aliphatic heterocycles. The van der Waals surface area contributed by atoms with E-state index in [-0.39, 0.29) is 9.49 Å². The van der Waals surface area contributed by atoms with Crippen molar-refractivity contribution in [1.29, 1.82) is 0 Å². The molecule has 17 heavy (non-hydrogen) atoms. The molecule has 0 bridgehead atoms. The summed E-state index contributed by atoms with van der Waals surface area (Å²) in [5.74, 6) is 0. The topological polar surface area (TPSA) is 9.23 Å². The van der Waals surface area contributed by atoms with E-state index in [0.29, 0.717) is 0 Å². The number of rotatable bonds is 10. The van der Waals surface area contributed by atoms with Gasteiger partial charge in [0.1, 0.15) is 0 Å². The maximum absolute atomic E-state index is 5.92. The van der Waals surface area contributed by atoms with Gasteiger partial charge in [0.25, 0.3) is 0 Å². The Morgan fingerprint density at radius 1 is 0.765 bits per heavy atom. The summed E-state index contributed by atoms with van der Waals surface area (Å²) in [6.07, 6.45) is 6.82. The molecule has 2 unspecified atom stereocenters.